The number of anilines is 1. The smallest absolute Gasteiger partial charge is 0.265 e. The van der Waals surface area contributed by atoms with E-state index in [1.165, 1.54) is 4.90 Å². The topological polar surface area (TPSA) is 77.1 Å². The van der Waals surface area contributed by atoms with Crippen LogP contribution in [0.3, 0.4) is 0 Å². The minimum Gasteiger partial charge on any atom is -0.482 e. The highest BCUT2D eigenvalue weighted by atomic mass is 16.5. The van der Waals surface area contributed by atoms with E-state index in [0.717, 1.165) is 5.56 Å². The highest BCUT2D eigenvalue weighted by molar-refractivity contribution is 6.02. The Morgan fingerprint density at radius 3 is 3.08 bits per heavy atom. The molecule has 0 aromatic heterocycles. The molecule has 1 N–H and O–H groups in total. The molecule has 7 heteroatoms. The van der Waals surface area contributed by atoms with Crippen molar-refractivity contribution in [1.82, 2.24) is 5.32 Å². The number of aryl methyl sites for hydroxylation is 1. The average molecular weight is 348 g/mol. The Hall–Kier alpha value is -2.12. The van der Waals surface area contributed by atoms with E-state index in [1.807, 2.05) is 32.0 Å². The molecule has 136 valence electrons. The number of hydrogen-bond donors (Lipinski definition) is 1. The number of ether oxygens (including phenoxy) is 3. The fourth-order valence-corrected chi connectivity index (χ4v) is 3.14. The van der Waals surface area contributed by atoms with Crippen LogP contribution in [0.1, 0.15) is 18.9 Å². The molecular weight excluding hydrogens is 324 g/mol. The van der Waals surface area contributed by atoms with E-state index in [2.05, 4.69) is 5.32 Å². The van der Waals surface area contributed by atoms with Crippen molar-refractivity contribution in [3.05, 3.63) is 23.8 Å². The summed E-state index contributed by atoms with van der Waals surface area (Å²) in [5.41, 5.74) is 1.64. The van der Waals surface area contributed by atoms with Crippen molar-refractivity contribution in [3.63, 3.8) is 0 Å². The highest BCUT2D eigenvalue weighted by Gasteiger charge is 2.31. The summed E-state index contributed by atoms with van der Waals surface area (Å²) in [7, 11) is 0. The summed E-state index contributed by atoms with van der Waals surface area (Å²) >= 11 is 0. The molecule has 1 aromatic rings. The van der Waals surface area contributed by atoms with Crippen LogP contribution in [0.15, 0.2) is 18.2 Å². The van der Waals surface area contributed by atoms with Crippen LogP contribution >= 0.6 is 0 Å². The molecule has 0 spiro atoms. The minimum atomic E-state index is -0.221. The van der Waals surface area contributed by atoms with E-state index in [4.69, 9.17) is 14.2 Å². The monoisotopic (exact) mass is 348 g/mol. The van der Waals surface area contributed by atoms with Crippen LogP contribution in [0.25, 0.3) is 0 Å². The maximum absolute atomic E-state index is 12.5. The molecule has 0 saturated carbocycles. The second kappa shape index (κ2) is 7.84. The lowest BCUT2D eigenvalue weighted by atomic mass is 10.1. The van der Waals surface area contributed by atoms with Crippen LogP contribution in [0.2, 0.25) is 0 Å². The van der Waals surface area contributed by atoms with Gasteiger partial charge >= 0.3 is 0 Å². The lowest BCUT2D eigenvalue weighted by molar-refractivity contribution is -0.128. The molecule has 2 aliphatic rings. The predicted octanol–water partition coefficient (Wildman–Crippen LogP) is 1.03. The Morgan fingerprint density at radius 2 is 2.28 bits per heavy atom. The predicted molar refractivity (Wildman–Crippen MR) is 91.8 cm³/mol. The molecule has 2 amide bonds. The van der Waals surface area contributed by atoms with E-state index in [-0.39, 0.29) is 37.1 Å². The van der Waals surface area contributed by atoms with Crippen LogP contribution in [0, 0.1) is 6.92 Å². The van der Waals surface area contributed by atoms with Gasteiger partial charge in [-0.3, -0.25) is 14.5 Å². The van der Waals surface area contributed by atoms with E-state index < -0.39 is 0 Å². The van der Waals surface area contributed by atoms with Crippen LogP contribution in [-0.2, 0) is 19.1 Å². The summed E-state index contributed by atoms with van der Waals surface area (Å²) in [6.45, 7) is 5.39. The third kappa shape index (κ3) is 4.11. The van der Waals surface area contributed by atoms with Gasteiger partial charge in [0.1, 0.15) is 18.4 Å². The molecule has 1 aromatic carbocycles. The number of fused-ring (bicyclic) bond motifs is 1. The molecule has 1 saturated heterocycles. The number of hydrogen-bond acceptors (Lipinski definition) is 5. The Kier molecular flexibility index (Phi) is 5.55. The Labute approximate surface area is 147 Å². The number of carbonyl (C=O) groups is 2. The van der Waals surface area contributed by atoms with Gasteiger partial charge in [-0.25, -0.2) is 0 Å². The second-order valence-corrected chi connectivity index (χ2v) is 6.27. The van der Waals surface area contributed by atoms with Crippen LogP contribution in [-0.4, -0.2) is 56.9 Å². The SMILES string of the molecule is CCO[C@@H]1COCC[C@H]1NC(=O)CN1C(=O)COc2ccc(C)cc21. The molecule has 2 heterocycles. The Morgan fingerprint density at radius 1 is 1.44 bits per heavy atom. The fraction of sp³-hybridized carbons (Fsp3) is 0.556. The van der Waals surface area contributed by atoms with Crippen molar-refractivity contribution in [3.8, 4) is 5.75 Å². The quantitative estimate of drug-likeness (QED) is 0.860. The van der Waals surface area contributed by atoms with Gasteiger partial charge in [0, 0.05) is 13.2 Å². The normalized spacial score (nSPS) is 23.0. The molecule has 2 aliphatic heterocycles. The van der Waals surface area contributed by atoms with Crippen LogP contribution < -0.4 is 15.0 Å². The molecule has 25 heavy (non-hydrogen) atoms. The van der Waals surface area contributed by atoms with Gasteiger partial charge in [0.2, 0.25) is 5.91 Å². The largest absolute Gasteiger partial charge is 0.482 e. The van der Waals surface area contributed by atoms with Crippen molar-refractivity contribution in [2.45, 2.75) is 32.4 Å². The zero-order valence-corrected chi connectivity index (χ0v) is 14.6. The molecule has 3 rings (SSSR count). The maximum atomic E-state index is 12.5. The molecule has 0 bridgehead atoms. The zero-order valence-electron chi connectivity index (χ0n) is 14.6. The molecule has 0 aliphatic carbocycles. The summed E-state index contributed by atoms with van der Waals surface area (Å²) in [6, 6.07) is 5.50. The second-order valence-electron chi connectivity index (χ2n) is 6.27. The van der Waals surface area contributed by atoms with Crippen LogP contribution in [0.5, 0.6) is 5.75 Å². The minimum absolute atomic E-state index is 0.0329. The van der Waals surface area contributed by atoms with Crippen molar-refractivity contribution >= 4 is 17.5 Å². The first-order valence-electron chi connectivity index (χ1n) is 8.61. The van der Waals surface area contributed by atoms with Gasteiger partial charge in [-0.2, -0.15) is 0 Å². The van der Waals surface area contributed by atoms with E-state index in [1.54, 1.807) is 0 Å². The van der Waals surface area contributed by atoms with Gasteiger partial charge in [-0.15, -0.1) is 0 Å². The van der Waals surface area contributed by atoms with Gasteiger partial charge in [-0.05, 0) is 38.0 Å². The number of nitrogens with one attached hydrogen (secondary N) is 1. The van der Waals surface area contributed by atoms with Gasteiger partial charge in [0.15, 0.2) is 6.61 Å². The summed E-state index contributed by atoms with van der Waals surface area (Å²) in [6.07, 6.45) is 0.543. The first-order chi connectivity index (χ1) is 12.1. The zero-order chi connectivity index (χ0) is 17.8. The van der Waals surface area contributed by atoms with Crippen molar-refractivity contribution in [2.75, 3.05) is 37.9 Å². The number of benzene rings is 1. The molecule has 2 atom stereocenters. The van der Waals surface area contributed by atoms with Gasteiger partial charge in [0.05, 0.1) is 18.3 Å². The summed E-state index contributed by atoms with van der Waals surface area (Å²) < 4.78 is 16.5. The van der Waals surface area contributed by atoms with Crippen LogP contribution in [0.4, 0.5) is 5.69 Å². The standard InChI is InChI=1S/C18H24N2O5/c1-3-24-16-10-23-7-6-13(16)19-17(21)9-20-14-8-12(2)4-5-15(14)25-11-18(20)22/h4-5,8,13,16H,3,6-7,9-11H2,1-2H3,(H,19,21)/t13-,16-/m1/s1. The summed E-state index contributed by atoms with van der Waals surface area (Å²) in [4.78, 5) is 26.2. The molecular formula is C18H24N2O5. The third-order valence-electron chi connectivity index (χ3n) is 4.39. The molecule has 0 radical (unpaired) electrons. The van der Waals surface area contributed by atoms with E-state index in [0.29, 0.717) is 37.7 Å². The number of rotatable bonds is 5. The molecule has 1 fully saturated rings. The third-order valence-corrected chi connectivity index (χ3v) is 4.39. The lowest BCUT2D eigenvalue weighted by Gasteiger charge is -2.33. The number of carbonyl (C=O) groups excluding carboxylic acids is 2. The van der Waals surface area contributed by atoms with E-state index in [9.17, 15) is 9.59 Å². The lowest BCUT2D eigenvalue weighted by Crippen LogP contribution is -2.53. The first kappa shape index (κ1) is 17.7. The Balaban J connectivity index is 1.68. The van der Waals surface area contributed by atoms with Crippen molar-refractivity contribution < 1.29 is 23.8 Å². The summed E-state index contributed by atoms with van der Waals surface area (Å²) in [5, 5.41) is 2.99. The molecule has 7 nitrogen and oxygen atoms in total. The van der Waals surface area contributed by atoms with Crippen molar-refractivity contribution in [1.29, 1.82) is 0 Å². The van der Waals surface area contributed by atoms with E-state index >= 15 is 0 Å². The fourth-order valence-electron chi connectivity index (χ4n) is 3.14. The van der Waals surface area contributed by atoms with Gasteiger partial charge < -0.3 is 19.5 Å². The highest BCUT2D eigenvalue weighted by Crippen LogP contribution is 2.32. The molecule has 0 unspecified atom stereocenters. The first-order valence-corrected chi connectivity index (χ1v) is 8.61. The average Bonchev–Trinajstić information content (AvgIpc) is 2.59. The number of nitrogens with zero attached hydrogens (tertiary/aromatic N) is 1. The number of amides is 2. The van der Waals surface area contributed by atoms with Gasteiger partial charge in [0.25, 0.3) is 5.91 Å². The summed E-state index contributed by atoms with van der Waals surface area (Å²) in [5.74, 6) is 0.192. The maximum Gasteiger partial charge on any atom is 0.265 e. The Bertz CT molecular complexity index is 646. The van der Waals surface area contributed by atoms with Crippen molar-refractivity contribution in [2.24, 2.45) is 0 Å². The van der Waals surface area contributed by atoms with Gasteiger partial charge in [-0.1, -0.05) is 6.07 Å².